The van der Waals surface area contributed by atoms with Gasteiger partial charge in [0.05, 0.1) is 11.4 Å². The van der Waals surface area contributed by atoms with Gasteiger partial charge in [0.1, 0.15) is 11.6 Å². The molecule has 1 nitrogen and oxygen atoms in total. The van der Waals surface area contributed by atoms with Crippen LogP contribution in [0, 0.1) is 18.6 Å². The van der Waals surface area contributed by atoms with Gasteiger partial charge in [0, 0.05) is 10.5 Å². The highest BCUT2D eigenvalue weighted by Crippen LogP contribution is 2.25. The van der Waals surface area contributed by atoms with Gasteiger partial charge in [-0.25, -0.2) is 13.8 Å². The summed E-state index contributed by atoms with van der Waals surface area (Å²) in [5.41, 5.74) is 3.76. The number of hydrogen-bond acceptors (Lipinski definition) is 2. The van der Waals surface area contributed by atoms with Crippen molar-refractivity contribution in [2.24, 2.45) is 4.99 Å². The predicted octanol–water partition coefficient (Wildman–Crippen LogP) is 7.09. The lowest BCUT2D eigenvalue weighted by Gasteiger charge is -2.09. The molecule has 0 radical (unpaired) electrons. The molecule has 3 aromatic carbocycles. The van der Waals surface area contributed by atoms with Crippen molar-refractivity contribution in [2.75, 3.05) is 0 Å². The molecule has 0 aromatic heterocycles. The summed E-state index contributed by atoms with van der Waals surface area (Å²) in [6.07, 6.45) is 0. The minimum atomic E-state index is -0.317. The second-order valence-corrected chi connectivity index (χ2v) is 7.09. The summed E-state index contributed by atoms with van der Waals surface area (Å²) < 4.78 is 27.5. The summed E-state index contributed by atoms with van der Waals surface area (Å²) in [6, 6.07) is 20.7. The zero-order valence-electron chi connectivity index (χ0n) is 15.1. The first-order valence-corrected chi connectivity index (χ1v) is 9.40. The first-order chi connectivity index (χ1) is 13.0. The summed E-state index contributed by atoms with van der Waals surface area (Å²) in [5, 5.41) is 1.91. The molecule has 0 aliphatic carbocycles. The van der Waals surface area contributed by atoms with Gasteiger partial charge in [0.15, 0.2) is 0 Å². The topological polar surface area (TPSA) is 12.4 Å². The molecule has 0 fully saturated rings. The molecule has 0 N–H and O–H groups in total. The third kappa shape index (κ3) is 5.14. The van der Waals surface area contributed by atoms with Gasteiger partial charge >= 0.3 is 0 Å². The van der Waals surface area contributed by atoms with Crippen molar-refractivity contribution in [3.8, 4) is 0 Å². The number of rotatable bonds is 5. The van der Waals surface area contributed by atoms with Gasteiger partial charge < -0.3 is 0 Å². The Labute approximate surface area is 162 Å². The molecular weight excluding hydrogens is 360 g/mol. The van der Waals surface area contributed by atoms with Crippen LogP contribution in [-0.4, -0.2) is 5.71 Å². The SMILES string of the molecule is CC(=C\Sc1ccc(F)cc1)/C(=N/c1ccc(C)cc1)c1ccccc1F. The number of nitrogens with zero attached hydrogens (tertiary/aromatic N) is 1. The fourth-order valence-electron chi connectivity index (χ4n) is 2.49. The second kappa shape index (κ2) is 8.78. The van der Waals surface area contributed by atoms with Crippen molar-refractivity contribution in [3.05, 3.63) is 107 Å². The molecule has 4 heteroatoms. The molecule has 3 aromatic rings. The highest BCUT2D eigenvalue weighted by molar-refractivity contribution is 8.02. The lowest BCUT2D eigenvalue weighted by atomic mass is 10.0. The van der Waals surface area contributed by atoms with E-state index in [9.17, 15) is 8.78 Å². The Kier molecular flexibility index (Phi) is 6.20. The van der Waals surface area contributed by atoms with Crippen LogP contribution in [-0.2, 0) is 0 Å². The number of aliphatic imine (C=N–C) groups is 1. The number of hydrogen-bond donors (Lipinski definition) is 0. The maximum atomic E-state index is 14.4. The van der Waals surface area contributed by atoms with Crippen LogP contribution in [0.4, 0.5) is 14.5 Å². The van der Waals surface area contributed by atoms with Crippen LogP contribution < -0.4 is 0 Å². The number of halogens is 2. The lowest BCUT2D eigenvalue weighted by Crippen LogP contribution is -2.05. The normalized spacial score (nSPS) is 12.3. The summed E-state index contributed by atoms with van der Waals surface area (Å²) in [6.45, 7) is 3.91. The van der Waals surface area contributed by atoms with Gasteiger partial charge in [0.25, 0.3) is 0 Å². The number of allylic oxidation sites excluding steroid dienone is 1. The van der Waals surface area contributed by atoms with Gasteiger partial charge in [-0.2, -0.15) is 0 Å². The summed E-state index contributed by atoms with van der Waals surface area (Å²) in [7, 11) is 0. The molecule has 3 rings (SSSR count). The highest BCUT2D eigenvalue weighted by atomic mass is 32.2. The van der Waals surface area contributed by atoms with Gasteiger partial charge in [-0.15, -0.1) is 0 Å². The van der Waals surface area contributed by atoms with Crippen LogP contribution in [0.3, 0.4) is 0 Å². The Morgan fingerprint density at radius 1 is 0.889 bits per heavy atom. The standard InChI is InChI=1S/C23H19F2NS/c1-16-7-11-19(12-8-16)26-23(21-5-3-4-6-22(21)25)17(2)15-27-20-13-9-18(24)10-14-20/h3-15H,1-2H3/b17-15+,26-23-. The molecule has 0 spiro atoms. The van der Waals surface area contributed by atoms with E-state index in [4.69, 9.17) is 4.99 Å². The van der Waals surface area contributed by atoms with Crippen molar-refractivity contribution < 1.29 is 8.78 Å². The third-order valence-corrected chi connectivity index (χ3v) is 4.98. The molecule has 0 atom stereocenters. The molecule has 0 saturated heterocycles. The Morgan fingerprint density at radius 2 is 1.56 bits per heavy atom. The Hall–Kier alpha value is -2.72. The molecule has 27 heavy (non-hydrogen) atoms. The average molecular weight is 379 g/mol. The largest absolute Gasteiger partial charge is 0.248 e. The van der Waals surface area contributed by atoms with Crippen molar-refractivity contribution in [1.29, 1.82) is 0 Å². The van der Waals surface area contributed by atoms with Crippen molar-refractivity contribution in [2.45, 2.75) is 18.7 Å². The molecule has 0 heterocycles. The number of benzene rings is 3. The third-order valence-electron chi connectivity index (χ3n) is 3.96. The molecule has 0 unspecified atom stereocenters. The quantitative estimate of drug-likeness (QED) is 0.340. The van der Waals surface area contributed by atoms with Crippen LogP contribution in [0.1, 0.15) is 18.1 Å². The predicted molar refractivity (Wildman–Crippen MR) is 110 cm³/mol. The van der Waals surface area contributed by atoms with E-state index in [1.165, 1.54) is 30.0 Å². The van der Waals surface area contributed by atoms with Gasteiger partial charge in [0.2, 0.25) is 0 Å². The number of thioether (sulfide) groups is 1. The van der Waals surface area contributed by atoms with Crippen molar-refractivity contribution >= 4 is 23.2 Å². The van der Waals surface area contributed by atoms with E-state index in [1.807, 2.05) is 43.5 Å². The molecular formula is C23H19F2NS. The van der Waals surface area contributed by atoms with Crippen LogP contribution >= 0.6 is 11.8 Å². The Bertz CT molecular complexity index is 974. The molecule has 0 amide bonds. The number of aryl methyl sites for hydroxylation is 1. The fraction of sp³-hybridized carbons (Fsp3) is 0.0870. The van der Waals surface area contributed by atoms with Crippen molar-refractivity contribution in [3.63, 3.8) is 0 Å². The second-order valence-electron chi connectivity index (χ2n) is 6.15. The first kappa shape index (κ1) is 19.1. The van der Waals surface area contributed by atoms with E-state index in [0.29, 0.717) is 11.3 Å². The highest BCUT2D eigenvalue weighted by Gasteiger charge is 2.12. The lowest BCUT2D eigenvalue weighted by molar-refractivity contribution is 0.625. The minimum Gasteiger partial charge on any atom is -0.248 e. The Morgan fingerprint density at radius 3 is 2.22 bits per heavy atom. The van der Waals surface area contributed by atoms with Crippen LogP contribution in [0.5, 0.6) is 0 Å². The Balaban J connectivity index is 1.98. The van der Waals surface area contributed by atoms with E-state index in [1.54, 1.807) is 30.3 Å². The molecule has 0 bridgehead atoms. The van der Waals surface area contributed by atoms with Crippen molar-refractivity contribution in [1.82, 2.24) is 0 Å². The van der Waals surface area contributed by atoms with Gasteiger partial charge in [-0.3, -0.25) is 0 Å². The maximum Gasteiger partial charge on any atom is 0.132 e. The van der Waals surface area contributed by atoms with E-state index >= 15 is 0 Å². The van der Waals surface area contributed by atoms with E-state index < -0.39 is 0 Å². The summed E-state index contributed by atoms with van der Waals surface area (Å²) in [4.78, 5) is 5.59. The van der Waals surface area contributed by atoms with Crippen LogP contribution in [0.25, 0.3) is 0 Å². The summed E-state index contributed by atoms with van der Waals surface area (Å²) >= 11 is 1.45. The van der Waals surface area contributed by atoms with Gasteiger partial charge in [-0.05, 0) is 73.4 Å². The first-order valence-electron chi connectivity index (χ1n) is 8.52. The molecule has 0 aliphatic rings. The summed E-state index contributed by atoms with van der Waals surface area (Å²) in [5.74, 6) is -0.587. The fourth-order valence-corrected chi connectivity index (χ4v) is 3.21. The molecule has 136 valence electrons. The average Bonchev–Trinajstić information content (AvgIpc) is 2.67. The van der Waals surface area contributed by atoms with E-state index in [-0.39, 0.29) is 11.6 Å². The van der Waals surface area contributed by atoms with Gasteiger partial charge in [-0.1, -0.05) is 41.6 Å². The van der Waals surface area contributed by atoms with Crippen LogP contribution in [0.15, 0.2) is 93.7 Å². The minimum absolute atomic E-state index is 0.270. The monoisotopic (exact) mass is 379 g/mol. The maximum absolute atomic E-state index is 14.4. The molecule has 0 aliphatic heterocycles. The zero-order chi connectivity index (χ0) is 19.2. The zero-order valence-corrected chi connectivity index (χ0v) is 15.9. The van der Waals surface area contributed by atoms with E-state index in [2.05, 4.69) is 0 Å². The smallest absolute Gasteiger partial charge is 0.132 e. The van der Waals surface area contributed by atoms with E-state index in [0.717, 1.165) is 21.7 Å². The molecule has 0 saturated carbocycles. The van der Waals surface area contributed by atoms with Crippen LogP contribution in [0.2, 0.25) is 0 Å².